The summed E-state index contributed by atoms with van der Waals surface area (Å²) < 4.78 is 19.5. The Morgan fingerprint density at radius 1 is 1.15 bits per heavy atom. The molecule has 1 N–H and O–H groups in total. The highest BCUT2D eigenvalue weighted by atomic mass is 19.1. The highest BCUT2D eigenvalue weighted by Crippen LogP contribution is 2.32. The van der Waals surface area contributed by atoms with Gasteiger partial charge in [0.15, 0.2) is 0 Å². The SMILES string of the molecule is CC(=O)O[C@@H]1N=C(c2ccccc2F)c2cccc(C(C)C)c2NC1=O. The number of para-hydroxylation sites is 1. The summed E-state index contributed by atoms with van der Waals surface area (Å²) in [6.45, 7) is 5.19. The van der Waals surface area contributed by atoms with Crippen LogP contribution in [0.15, 0.2) is 47.5 Å². The number of fused-ring (bicyclic) bond motifs is 1. The van der Waals surface area contributed by atoms with Crippen molar-refractivity contribution in [3.8, 4) is 0 Å². The largest absolute Gasteiger partial charge is 0.430 e. The molecule has 0 saturated carbocycles. The zero-order chi connectivity index (χ0) is 18.8. The second-order valence-electron chi connectivity index (χ2n) is 6.33. The number of carbonyl (C=O) groups is 2. The van der Waals surface area contributed by atoms with E-state index in [1.165, 1.54) is 13.0 Å². The number of esters is 1. The third-order valence-corrected chi connectivity index (χ3v) is 4.10. The number of benzene rings is 2. The minimum atomic E-state index is -1.38. The van der Waals surface area contributed by atoms with Crippen LogP contribution in [0.4, 0.5) is 10.1 Å². The maximum Gasteiger partial charge on any atom is 0.305 e. The van der Waals surface area contributed by atoms with E-state index in [9.17, 15) is 14.0 Å². The number of nitrogens with one attached hydrogen (secondary N) is 1. The van der Waals surface area contributed by atoms with Gasteiger partial charge in [0.05, 0.1) is 11.4 Å². The summed E-state index contributed by atoms with van der Waals surface area (Å²) in [5, 5.41) is 2.79. The first-order chi connectivity index (χ1) is 12.4. The van der Waals surface area contributed by atoms with Crippen LogP contribution in [0, 0.1) is 5.82 Å². The van der Waals surface area contributed by atoms with E-state index in [2.05, 4.69) is 10.3 Å². The summed E-state index contributed by atoms with van der Waals surface area (Å²) in [6, 6.07) is 11.7. The van der Waals surface area contributed by atoms with Crippen LogP contribution in [0.25, 0.3) is 0 Å². The molecule has 1 heterocycles. The van der Waals surface area contributed by atoms with Gasteiger partial charge in [-0.15, -0.1) is 0 Å². The number of benzodiazepines with no additional fused rings is 1. The first-order valence-electron chi connectivity index (χ1n) is 8.32. The molecule has 0 saturated heterocycles. The monoisotopic (exact) mass is 354 g/mol. The lowest BCUT2D eigenvalue weighted by molar-refractivity contribution is -0.151. The van der Waals surface area contributed by atoms with Crippen molar-refractivity contribution in [3.05, 3.63) is 65.0 Å². The van der Waals surface area contributed by atoms with Crippen molar-refractivity contribution in [1.29, 1.82) is 0 Å². The molecular formula is C20H19FN2O3. The summed E-state index contributed by atoms with van der Waals surface area (Å²) >= 11 is 0. The van der Waals surface area contributed by atoms with Gasteiger partial charge in [0.1, 0.15) is 5.82 Å². The summed E-state index contributed by atoms with van der Waals surface area (Å²) in [5.41, 5.74) is 2.55. The quantitative estimate of drug-likeness (QED) is 0.856. The van der Waals surface area contributed by atoms with E-state index in [0.717, 1.165) is 5.56 Å². The highest BCUT2D eigenvalue weighted by molar-refractivity contribution is 6.20. The molecule has 134 valence electrons. The molecule has 1 amide bonds. The van der Waals surface area contributed by atoms with Crippen molar-refractivity contribution in [1.82, 2.24) is 0 Å². The van der Waals surface area contributed by atoms with E-state index in [4.69, 9.17) is 4.74 Å². The molecule has 0 aliphatic carbocycles. The second kappa shape index (κ2) is 7.07. The number of hydrogen-bond donors (Lipinski definition) is 1. The van der Waals surface area contributed by atoms with Crippen LogP contribution in [-0.4, -0.2) is 23.8 Å². The van der Waals surface area contributed by atoms with E-state index < -0.39 is 23.9 Å². The molecule has 2 aromatic rings. The second-order valence-corrected chi connectivity index (χ2v) is 6.33. The summed E-state index contributed by atoms with van der Waals surface area (Å²) in [6.07, 6.45) is -1.38. The van der Waals surface area contributed by atoms with Gasteiger partial charge in [-0.05, 0) is 23.6 Å². The Hall–Kier alpha value is -3.02. The average molecular weight is 354 g/mol. The Bertz CT molecular complexity index is 906. The van der Waals surface area contributed by atoms with Crippen LogP contribution in [0.5, 0.6) is 0 Å². The number of anilines is 1. The number of halogens is 1. The third-order valence-electron chi connectivity index (χ3n) is 4.10. The molecule has 0 fully saturated rings. The van der Waals surface area contributed by atoms with Gasteiger partial charge in [-0.1, -0.05) is 44.2 Å². The van der Waals surface area contributed by atoms with E-state index in [0.29, 0.717) is 11.3 Å². The first kappa shape index (κ1) is 17.8. The predicted octanol–water partition coefficient (Wildman–Crippen LogP) is 3.63. The van der Waals surface area contributed by atoms with Gasteiger partial charge in [0.25, 0.3) is 12.1 Å². The standard InChI is InChI=1S/C20H19FN2O3/c1-11(2)13-8-6-9-15-17(13)22-19(25)20(26-12(3)24)23-18(15)14-7-4-5-10-16(14)21/h4-11,20H,1-3H3,(H,22,25)/t20-/m0/s1. The maximum atomic E-state index is 14.5. The molecule has 5 nitrogen and oxygen atoms in total. The average Bonchev–Trinajstić information content (AvgIpc) is 2.71. The minimum absolute atomic E-state index is 0.123. The molecule has 6 heteroatoms. The van der Waals surface area contributed by atoms with Crippen LogP contribution in [0.3, 0.4) is 0 Å². The molecule has 0 aromatic heterocycles. The topological polar surface area (TPSA) is 67.8 Å². The van der Waals surface area contributed by atoms with Crippen LogP contribution >= 0.6 is 0 Å². The van der Waals surface area contributed by atoms with Gasteiger partial charge >= 0.3 is 5.97 Å². The smallest absolute Gasteiger partial charge is 0.305 e. The number of nitrogens with zero attached hydrogens (tertiary/aromatic N) is 1. The van der Waals surface area contributed by atoms with Gasteiger partial charge < -0.3 is 10.1 Å². The van der Waals surface area contributed by atoms with Crippen molar-refractivity contribution in [2.75, 3.05) is 5.32 Å². The number of aliphatic imine (C=N–C) groups is 1. The van der Waals surface area contributed by atoms with Crippen molar-refractivity contribution >= 4 is 23.3 Å². The van der Waals surface area contributed by atoms with Gasteiger partial charge in [-0.25, -0.2) is 9.38 Å². The van der Waals surface area contributed by atoms with Crippen LogP contribution in [0.1, 0.15) is 43.4 Å². The highest BCUT2D eigenvalue weighted by Gasteiger charge is 2.30. The zero-order valence-corrected chi connectivity index (χ0v) is 14.7. The molecule has 1 aliphatic heterocycles. The number of rotatable bonds is 3. The number of amides is 1. The van der Waals surface area contributed by atoms with Gasteiger partial charge in [0, 0.05) is 18.1 Å². The van der Waals surface area contributed by atoms with Gasteiger partial charge in [-0.2, -0.15) is 0 Å². The predicted molar refractivity (Wildman–Crippen MR) is 96.8 cm³/mol. The number of carbonyl (C=O) groups excluding carboxylic acids is 2. The van der Waals surface area contributed by atoms with Crippen molar-refractivity contribution in [3.63, 3.8) is 0 Å². The minimum Gasteiger partial charge on any atom is -0.430 e. The fourth-order valence-electron chi connectivity index (χ4n) is 2.92. The Morgan fingerprint density at radius 2 is 1.85 bits per heavy atom. The fraction of sp³-hybridized carbons (Fsp3) is 0.250. The Balaban J connectivity index is 2.26. The Kier molecular flexibility index (Phi) is 4.84. The third kappa shape index (κ3) is 3.35. The van der Waals surface area contributed by atoms with E-state index in [-0.39, 0.29) is 17.2 Å². The molecule has 1 aliphatic rings. The number of ether oxygens (including phenoxy) is 1. The Labute approximate surface area is 150 Å². The summed E-state index contributed by atoms with van der Waals surface area (Å²) in [5.74, 6) is -1.56. The fourth-order valence-corrected chi connectivity index (χ4v) is 2.92. The van der Waals surface area contributed by atoms with Crippen molar-refractivity contribution in [2.24, 2.45) is 4.99 Å². The van der Waals surface area contributed by atoms with Gasteiger partial charge in [-0.3, -0.25) is 9.59 Å². The van der Waals surface area contributed by atoms with Crippen LogP contribution in [-0.2, 0) is 14.3 Å². The zero-order valence-electron chi connectivity index (χ0n) is 14.7. The molecule has 2 aromatic carbocycles. The molecule has 1 atom stereocenters. The molecule has 0 unspecified atom stereocenters. The van der Waals surface area contributed by atoms with E-state index >= 15 is 0 Å². The molecule has 0 bridgehead atoms. The first-order valence-corrected chi connectivity index (χ1v) is 8.32. The summed E-state index contributed by atoms with van der Waals surface area (Å²) in [7, 11) is 0. The number of hydrogen-bond acceptors (Lipinski definition) is 4. The van der Waals surface area contributed by atoms with Crippen molar-refractivity contribution in [2.45, 2.75) is 32.9 Å². The van der Waals surface area contributed by atoms with Crippen LogP contribution < -0.4 is 5.32 Å². The molecule has 0 radical (unpaired) electrons. The van der Waals surface area contributed by atoms with Crippen molar-refractivity contribution < 1.29 is 18.7 Å². The molecule has 0 spiro atoms. The maximum absolute atomic E-state index is 14.5. The molecule has 3 rings (SSSR count). The Morgan fingerprint density at radius 3 is 2.50 bits per heavy atom. The normalized spacial score (nSPS) is 16.4. The molecular weight excluding hydrogens is 335 g/mol. The lowest BCUT2D eigenvalue weighted by atomic mass is 9.93. The van der Waals surface area contributed by atoms with E-state index in [1.54, 1.807) is 24.3 Å². The van der Waals surface area contributed by atoms with Crippen LogP contribution in [0.2, 0.25) is 0 Å². The van der Waals surface area contributed by atoms with E-state index in [1.807, 2.05) is 26.0 Å². The van der Waals surface area contributed by atoms with Gasteiger partial charge in [0.2, 0.25) is 0 Å². The summed E-state index contributed by atoms with van der Waals surface area (Å²) in [4.78, 5) is 28.2. The lowest BCUT2D eigenvalue weighted by Gasteiger charge is -2.17. The lowest BCUT2D eigenvalue weighted by Crippen LogP contribution is -2.30. The molecule has 26 heavy (non-hydrogen) atoms.